The first-order chi connectivity index (χ1) is 10.1. The molecule has 114 valence electrons. The fraction of sp³-hybridized carbons (Fsp3) is 0.471. The first-order valence-corrected chi connectivity index (χ1v) is 8.44. The normalized spacial score (nSPS) is 11.0. The lowest BCUT2D eigenvalue weighted by atomic mass is 10.1. The van der Waals surface area contributed by atoms with Crippen molar-refractivity contribution in [3.8, 4) is 5.69 Å². The topological polar surface area (TPSA) is 29.9 Å². The van der Waals surface area contributed by atoms with E-state index in [0.717, 1.165) is 41.8 Å². The van der Waals surface area contributed by atoms with Gasteiger partial charge in [0.15, 0.2) is 0 Å². The maximum Gasteiger partial charge on any atom is 0.0649 e. The van der Waals surface area contributed by atoms with Crippen molar-refractivity contribution >= 4 is 15.9 Å². The molecule has 0 unspecified atom stereocenters. The number of hydrogen-bond donors (Lipinski definition) is 1. The van der Waals surface area contributed by atoms with Crippen molar-refractivity contribution < 1.29 is 0 Å². The second kappa shape index (κ2) is 7.76. The van der Waals surface area contributed by atoms with E-state index in [-0.39, 0.29) is 0 Å². The van der Waals surface area contributed by atoms with Gasteiger partial charge in [0.2, 0.25) is 0 Å². The molecular weight excluding hydrogens is 326 g/mol. The lowest BCUT2D eigenvalue weighted by Gasteiger charge is -2.06. The lowest BCUT2D eigenvalue weighted by Crippen LogP contribution is -2.16. The molecule has 0 fully saturated rings. The van der Waals surface area contributed by atoms with E-state index < -0.39 is 0 Å². The Morgan fingerprint density at radius 3 is 2.52 bits per heavy atom. The molecule has 0 saturated carbocycles. The molecule has 0 atom stereocenters. The van der Waals surface area contributed by atoms with Crippen molar-refractivity contribution in [2.24, 2.45) is 0 Å². The van der Waals surface area contributed by atoms with Crippen molar-refractivity contribution in [3.63, 3.8) is 0 Å². The van der Waals surface area contributed by atoms with Crippen LogP contribution in [0.5, 0.6) is 0 Å². The zero-order valence-electron chi connectivity index (χ0n) is 13.1. The van der Waals surface area contributed by atoms with Crippen LogP contribution in [0.2, 0.25) is 0 Å². The molecule has 2 rings (SSSR count). The van der Waals surface area contributed by atoms with Gasteiger partial charge in [0, 0.05) is 10.2 Å². The molecule has 21 heavy (non-hydrogen) atoms. The highest BCUT2D eigenvalue weighted by Gasteiger charge is 2.12. The van der Waals surface area contributed by atoms with Crippen molar-refractivity contribution in [3.05, 3.63) is 45.7 Å². The van der Waals surface area contributed by atoms with E-state index in [0.29, 0.717) is 0 Å². The third kappa shape index (κ3) is 4.17. The summed E-state index contributed by atoms with van der Waals surface area (Å²) in [6, 6.07) is 8.30. The summed E-state index contributed by atoms with van der Waals surface area (Å²) in [7, 11) is 0. The van der Waals surface area contributed by atoms with Crippen LogP contribution in [0.3, 0.4) is 0 Å². The second-order valence-electron chi connectivity index (χ2n) is 5.39. The molecule has 0 aliphatic carbocycles. The third-order valence-electron chi connectivity index (χ3n) is 3.72. The zero-order valence-corrected chi connectivity index (χ0v) is 14.7. The molecule has 2 aromatic rings. The van der Waals surface area contributed by atoms with E-state index in [9.17, 15) is 0 Å². The van der Waals surface area contributed by atoms with Gasteiger partial charge in [-0.2, -0.15) is 5.10 Å². The average Bonchev–Trinajstić information content (AvgIpc) is 2.75. The Morgan fingerprint density at radius 2 is 1.86 bits per heavy atom. The number of nitrogens with zero attached hydrogens (tertiary/aromatic N) is 2. The standard InChI is InChI=1S/C17H24BrN3/c1-4-11-19-12-5-6-17-13(2)20-21(14(17)3)16-9-7-15(18)8-10-16/h7-10,19H,4-6,11-12H2,1-3H3. The maximum absolute atomic E-state index is 4.71. The highest BCUT2D eigenvalue weighted by molar-refractivity contribution is 9.10. The van der Waals surface area contributed by atoms with Gasteiger partial charge in [-0.05, 0) is 76.0 Å². The molecule has 1 N–H and O–H groups in total. The van der Waals surface area contributed by atoms with Crippen molar-refractivity contribution in [2.45, 2.75) is 40.0 Å². The summed E-state index contributed by atoms with van der Waals surface area (Å²) in [4.78, 5) is 0. The van der Waals surface area contributed by atoms with Crippen molar-refractivity contribution in [2.75, 3.05) is 13.1 Å². The first-order valence-electron chi connectivity index (χ1n) is 7.65. The molecule has 0 aliphatic heterocycles. The molecule has 0 bridgehead atoms. The molecule has 3 nitrogen and oxygen atoms in total. The smallest absolute Gasteiger partial charge is 0.0649 e. The summed E-state index contributed by atoms with van der Waals surface area (Å²) in [5, 5.41) is 8.16. The number of rotatable bonds is 7. The summed E-state index contributed by atoms with van der Waals surface area (Å²) >= 11 is 3.47. The molecule has 1 heterocycles. The molecular formula is C17H24BrN3. The largest absolute Gasteiger partial charge is 0.317 e. The minimum atomic E-state index is 1.08. The fourth-order valence-corrected chi connectivity index (χ4v) is 2.83. The summed E-state index contributed by atoms with van der Waals surface area (Å²) < 4.78 is 3.14. The van der Waals surface area contributed by atoms with Gasteiger partial charge in [-0.15, -0.1) is 0 Å². The Balaban J connectivity index is 2.08. The minimum absolute atomic E-state index is 1.08. The Hall–Kier alpha value is -1.13. The molecule has 0 saturated heterocycles. The zero-order chi connectivity index (χ0) is 15.2. The first kappa shape index (κ1) is 16.2. The van der Waals surface area contributed by atoms with E-state index in [1.165, 1.54) is 17.7 Å². The number of aromatic nitrogens is 2. The van der Waals surface area contributed by atoms with E-state index in [2.05, 4.69) is 71.0 Å². The van der Waals surface area contributed by atoms with Gasteiger partial charge in [0.25, 0.3) is 0 Å². The van der Waals surface area contributed by atoms with Crippen LogP contribution in [-0.4, -0.2) is 22.9 Å². The third-order valence-corrected chi connectivity index (χ3v) is 4.25. The van der Waals surface area contributed by atoms with Crippen molar-refractivity contribution in [1.29, 1.82) is 0 Å². The van der Waals surface area contributed by atoms with Gasteiger partial charge in [-0.3, -0.25) is 0 Å². The Kier molecular flexibility index (Phi) is 6.00. The Labute approximate surface area is 135 Å². The van der Waals surface area contributed by atoms with Crippen LogP contribution < -0.4 is 5.32 Å². The Bertz CT molecular complexity index is 572. The van der Waals surface area contributed by atoms with Gasteiger partial charge in [-0.25, -0.2) is 4.68 Å². The number of aryl methyl sites for hydroxylation is 1. The SMILES string of the molecule is CCCNCCCc1c(C)nn(-c2ccc(Br)cc2)c1C. The predicted molar refractivity (Wildman–Crippen MR) is 92.2 cm³/mol. The van der Waals surface area contributed by atoms with Gasteiger partial charge >= 0.3 is 0 Å². The fourth-order valence-electron chi connectivity index (χ4n) is 2.56. The lowest BCUT2D eigenvalue weighted by molar-refractivity contribution is 0.638. The van der Waals surface area contributed by atoms with E-state index in [1.54, 1.807) is 0 Å². The quantitative estimate of drug-likeness (QED) is 0.759. The molecule has 1 aromatic carbocycles. The number of hydrogen-bond acceptors (Lipinski definition) is 2. The number of benzene rings is 1. The highest BCUT2D eigenvalue weighted by atomic mass is 79.9. The molecule has 0 amide bonds. The van der Waals surface area contributed by atoms with Gasteiger partial charge < -0.3 is 5.32 Å². The van der Waals surface area contributed by atoms with E-state index in [1.807, 2.05) is 0 Å². The highest BCUT2D eigenvalue weighted by Crippen LogP contribution is 2.20. The van der Waals surface area contributed by atoms with E-state index in [4.69, 9.17) is 5.10 Å². The molecule has 1 aromatic heterocycles. The molecule has 0 radical (unpaired) electrons. The van der Waals surface area contributed by atoms with Crippen LogP contribution in [0.4, 0.5) is 0 Å². The summed E-state index contributed by atoms with van der Waals surface area (Å²) in [5.74, 6) is 0. The van der Waals surface area contributed by atoms with Crippen LogP contribution in [-0.2, 0) is 6.42 Å². The van der Waals surface area contributed by atoms with Gasteiger partial charge in [0.1, 0.15) is 0 Å². The van der Waals surface area contributed by atoms with Gasteiger partial charge in [0.05, 0.1) is 11.4 Å². The van der Waals surface area contributed by atoms with Crippen LogP contribution in [0.25, 0.3) is 5.69 Å². The predicted octanol–water partition coefficient (Wildman–Crippen LogP) is 4.18. The van der Waals surface area contributed by atoms with E-state index >= 15 is 0 Å². The van der Waals surface area contributed by atoms with Crippen LogP contribution in [0, 0.1) is 13.8 Å². The summed E-state index contributed by atoms with van der Waals surface area (Å²) in [6.45, 7) is 8.66. The number of halogens is 1. The Morgan fingerprint density at radius 1 is 1.14 bits per heavy atom. The van der Waals surface area contributed by atoms with Crippen LogP contribution >= 0.6 is 15.9 Å². The van der Waals surface area contributed by atoms with Crippen LogP contribution in [0.15, 0.2) is 28.7 Å². The number of nitrogens with one attached hydrogen (secondary N) is 1. The molecule has 0 aliphatic rings. The molecule has 0 spiro atoms. The molecule has 4 heteroatoms. The monoisotopic (exact) mass is 349 g/mol. The van der Waals surface area contributed by atoms with Crippen LogP contribution in [0.1, 0.15) is 36.7 Å². The van der Waals surface area contributed by atoms with Gasteiger partial charge in [-0.1, -0.05) is 22.9 Å². The second-order valence-corrected chi connectivity index (χ2v) is 6.31. The average molecular weight is 350 g/mol. The summed E-state index contributed by atoms with van der Waals surface area (Å²) in [5.41, 5.74) is 4.90. The maximum atomic E-state index is 4.71. The summed E-state index contributed by atoms with van der Waals surface area (Å²) in [6.07, 6.45) is 3.44. The van der Waals surface area contributed by atoms with Crippen molar-refractivity contribution in [1.82, 2.24) is 15.1 Å². The minimum Gasteiger partial charge on any atom is -0.317 e.